The SMILES string of the molecule is O=C(NC12CC3CC(CC(C3)C1)C2)C(=O)N1CCN(Cc2ccc3c(c2)OCO3)CC1. The maximum atomic E-state index is 12.9. The summed E-state index contributed by atoms with van der Waals surface area (Å²) in [6.45, 7) is 3.81. The van der Waals surface area contributed by atoms with Gasteiger partial charge in [-0.25, -0.2) is 0 Å². The summed E-state index contributed by atoms with van der Waals surface area (Å²) in [5, 5.41) is 3.23. The normalized spacial score (nSPS) is 33.5. The molecule has 7 nitrogen and oxygen atoms in total. The highest BCUT2D eigenvalue weighted by Crippen LogP contribution is 2.55. The van der Waals surface area contributed by atoms with Crippen LogP contribution in [0.1, 0.15) is 44.1 Å². The number of hydrogen-bond donors (Lipinski definition) is 1. The Kier molecular flexibility index (Phi) is 4.63. The zero-order chi connectivity index (χ0) is 21.0. The van der Waals surface area contributed by atoms with Crippen molar-refractivity contribution < 1.29 is 19.1 Å². The molecule has 0 radical (unpaired) electrons. The summed E-state index contributed by atoms with van der Waals surface area (Å²) >= 11 is 0. The molecule has 5 fully saturated rings. The Labute approximate surface area is 183 Å². The number of carbonyl (C=O) groups excluding carboxylic acids is 2. The van der Waals surface area contributed by atoms with Gasteiger partial charge in [0.25, 0.3) is 0 Å². The fourth-order valence-electron chi connectivity index (χ4n) is 7.11. The molecule has 1 aromatic carbocycles. The Balaban J connectivity index is 1.02. The molecular formula is C24H31N3O4. The second kappa shape index (κ2) is 7.40. The zero-order valence-corrected chi connectivity index (χ0v) is 18.0. The van der Waals surface area contributed by atoms with E-state index in [9.17, 15) is 9.59 Å². The minimum Gasteiger partial charge on any atom is -0.454 e. The number of rotatable bonds is 3. The summed E-state index contributed by atoms with van der Waals surface area (Å²) in [4.78, 5) is 29.8. The second-order valence-electron chi connectivity index (χ2n) is 10.4. The Morgan fingerprint density at radius 1 is 0.935 bits per heavy atom. The van der Waals surface area contributed by atoms with Crippen molar-refractivity contribution in [2.24, 2.45) is 17.8 Å². The summed E-state index contributed by atoms with van der Waals surface area (Å²) in [7, 11) is 0. The topological polar surface area (TPSA) is 71.1 Å². The average Bonchev–Trinajstić information content (AvgIpc) is 3.20. The molecule has 31 heavy (non-hydrogen) atoms. The van der Waals surface area contributed by atoms with Crippen LogP contribution in [0.15, 0.2) is 18.2 Å². The second-order valence-corrected chi connectivity index (χ2v) is 10.4. The van der Waals surface area contributed by atoms with Gasteiger partial charge in [0, 0.05) is 38.3 Å². The molecule has 1 aromatic rings. The van der Waals surface area contributed by atoms with Gasteiger partial charge in [-0.15, -0.1) is 0 Å². The molecule has 0 aromatic heterocycles. The number of nitrogens with zero attached hydrogens (tertiary/aromatic N) is 2. The molecule has 6 aliphatic rings. The van der Waals surface area contributed by atoms with E-state index in [1.807, 2.05) is 12.1 Å². The molecule has 2 aliphatic heterocycles. The van der Waals surface area contributed by atoms with Gasteiger partial charge in [-0.1, -0.05) is 6.07 Å². The van der Waals surface area contributed by atoms with Crippen LogP contribution in [0, 0.1) is 17.8 Å². The highest BCUT2D eigenvalue weighted by Gasteiger charge is 2.52. The van der Waals surface area contributed by atoms with Gasteiger partial charge in [0.2, 0.25) is 6.79 Å². The molecule has 4 saturated carbocycles. The summed E-state index contributed by atoms with van der Waals surface area (Å²) in [5.41, 5.74) is 1.06. The minimum absolute atomic E-state index is 0.108. The van der Waals surface area contributed by atoms with E-state index in [2.05, 4.69) is 16.3 Å². The number of carbonyl (C=O) groups is 2. The van der Waals surface area contributed by atoms with Gasteiger partial charge in [0.05, 0.1) is 0 Å². The van der Waals surface area contributed by atoms with Crippen molar-refractivity contribution in [2.45, 2.75) is 50.6 Å². The number of piperazine rings is 1. The Bertz CT molecular complexity index is 858. The number of fused-ring (bicyclic) bond motifs is 1. The van der Waals surface area contributed by atoms with Gasteiger partial charge >= 0.3 is 11.8 Å². The predicted octanol–water partition coefficient (Wildman–Crippen LogP) is 2.14. The summed E-state index contributed by atoms with van der Waals surface area (Å²) < 4.78 is 10.8. The van der Waals surface area contributed by atoms with Crippen LogP contribution in [0.4, 0.5) is 0 Å². The first kappa shape index (κ1) is 19.4. The Morgan fingerprint density at radius 2 is 1.58 bits per heavy atom. The molecule has 4 bridgehead atoms. The maximum Gasteiger partial charge on any atom is 0.311 e. The maximum absolute atomic E-state index is 12.9. The molecule has 2 heterocycles. The lowest BCUT2D eigenvalue weighted by atomic mass is 9.53. The first-order chi connectivity index (χ1) is 15.1. The largest absolute Gasteiger partial charge is 0.454 e. The van der Waals surface area contributed by atoms with Crippen LogP contribution < -0.4 is 14.8 Å². The minimum atomic E-state index is -0.383. The highest BCUT2D eigenvalue weighted by molar-refractivity contribution is 6.35. The number of hydrogen-bond acceptors (Lipinski definition) is 5. The summed E-state index contributed by atoms with van der Waals surface area (Å²) in [6.07, 6.45) is 7.20. The number of benzene rings is 1. The third-order valence-corrected chi connectivity index (χ3v) is 8.11. The van der Waals surface area contributed by atoms with E-state index >= 15 is 0 Å². The molecule has 7 heteroatoms. The van der Waals surface area contributed by atoms with Crippen LogP contribution in [0.2, 0.25) is 0 Å². The van der Waals surface area contributed by atoms with Crippen LogP contribution >= 0.6 is 0 Å². The molecule has 0 unspecified atom stereocenters. The quantitative estimate of drug-likeness (QED) is 0.752. The molecule has 4 aliphatic carbocycles. The van der Waals surface area contributed by atoms with Gasteiger partial charge in [-0.2, -0.15) is 0 Å². The molecule has 1 saturated heterocycles. The van der Waals surface area contributed by atoms with Crippen molar-refractivity contribution >= 4 is 11.8 Å². The first-order valence-corrected chi connectivity index (χ1v) is 11.8. The van der Waals surface area contributed by atoms with E-state index in [1.165, 1.54) is 24.8 Å². The lowest BCUT2D eigenvalue weighted by Crippen LogP contribution is -2.62. The van der Waals surface area contributed by atoms with Crippen molar-refractivity contribution in [3.63, 3.8) is 0 Å². The monoisotopic (exact) mass is 425 g/mol. The van der Waals surface area contributed by atoms with E-state index in [0.29, 0.717) is 13.1 Å². The van der Waals surface area contributed by atoms with E-state index in [4.69, 9.17) is 9.47 Å². The van der Waals surface area contributed by atoms with Crippen LogP contribution in [-0.4, -0.2) is 60.1 Å². The van der Waals surface area contributed by atoms with Crippen molar-refractivity contribution in [2.75, 3.05) is 33.0 Å². The highest BCUT2D eigenvalue weighted by atomic mass is 16.7. The molecule has 166 valence electrons. The molecule has 2 amide bonds. The zero-order valence-electron chi connectivity index (χ0n) is 18.0. The Hall–Kier alpha value is -2.28. The van der Waals surface area contributed by atoms with Gasteiger partial charge in [0.15, 0.2) is 11.5 Å². The van der Waals surface area contributed by atoms with Crippen LogP contribution in [0.25, 0.3) is 0 Å². The summed E-state index contributed by atoms with van der Waals surface area (Å²) in [5.74, 6) is 3.12. The number of ether oxygens (including phenoxy) is 2. The molecule has 0 spiro atoms. The van der Waals surface area contributed by atoms with Crippen LogP contribution in [-0.2, 0) is 16.1 Å². The van der Waals surface area contributed by atoms with Crippen LogP contribution in [0.3, 0.4) is 0 Å². The molecular weight excluding hydrogens is 394 g/mol. The third-order valence-electron chi connectivity index (χ3n) is 8.11. The lowest BCUT2D eigenvalue weighted by Gasteiger charge is -2.56. The van der Waals surface area contributed by atoms with Gasteiger partial charge in [-0.3, -0.25) is 14.5 Å². The third kappa shape index (κ3) is 3.67. The standard InChI is InChI=1S/C24H31N3O4/c28-22(25-24-11-17-7-18(12-24)9-19(8-17)13-24)23(29)27-5-3-26(4-6-27)14-16-1-2-20-21(10-16)31-15-30-20/h1-2,10,17-19H,3-9,11-15H2,(H,25,28). The number of amides is 2. The molecule has 7 rings (SSSR count). The fourth-order valence-corrected chi connectivity index (χ4v) is 7.11. The predicted molar refractivity (Wildman–Crippen MR) is 113 cm³/mol. The van der Waals surface area contributed by atoms with Crippen molar-refractivity contribution in [3.8, 4) is 11.5 Å². The van der Waals surface area contributed by atoms with Gasteiger partial charge in [-0.05, 0) is 74.0 Å². The van der Waals surface area contributed by atoms with Crippen LogP contribution in [0.5, 0.6) is 11.5 Å². The van der Waals surface area contributed by atoms with E-state index in [-0.39, 0.29) is 24.1 Å². The van der Waals surface area contributed by atoms with E-state index in [1.54, 1.807) is 4.90 Å². The summed E-state index contributed by atoms with van der Waals surface area (Å²) in [6, 6.07) is 6.04. The fraction of sp³-hybridized carbons (Fsp3) is 0.667. The van der Waals surface area contributed by atoms with Crippen molar-refractivity contribution in [1.29, 1.82) is 0 Å². The Morgan fingerprint density at radius 3 is 2.26 bits per heavy atom. The van der Waals surface area contributed by atoms with Crippen molar-refractivity contribution in [3.05, 3.63) is 23.8 Å². The lowest BCUT2D eigenvalue weighted by molar-refractivity contribution is -0.149. The van der Waals surface area contributed by atoms with Crippen molar-refractivity contribution in [1.82, 2.24) is 15.1 Å². The van der Waals surface area contributed by atoms with Gasteiger partial charge < -0.3 is 19.7 Å². The van der Waals surface area contributed by atoms with E-state index < -0.39 is 0 Å². The average molecular weight is 426 g/mol. The first-order valence-electron chi connectivity index (χ1n) is 11.8. The number of nitrogens with one attached hydrogen (secondary N) is 1. The van der Waals surface area contributed by atoms with Gasteiger partial charge in [0.1, 0.15) is 0 Å². The van der Waals surface area contributed by atoms with E-state index in [0.717, 1.165) is 68.1 Å². The molecule has 0 atom stereocenters. The molecule has 1 N–H and O–H groups in total. The smallest absolute Gasteiger partial charge is 0.311 e.